The van der Waals surface area contributed by atoms with E-state index < -0.39 is 32.6 Å². The third kappa shape index (κ3) is 3.27. The first-order valence-electron chi connectivity index (χ1n) is 9.67. The fraction of sp³-hybridized carbons (Fsp3) is 0.409. The van der Waals surface area contributed by atoms with Crippen LogP contribution in [-0.4, -0.2) is 32.4 Å². The molecule has 2 aromatic rings. The number of methoxy groups -OCH3 is 1. The number of rotatable bonds is 4. The summed E-state index contributed by atoms with van der Waals surface area (Å²) in [6, 6.07) is 12.1. The minimum absolute atomic E-state index is 0.154. The van der Waals surface area contributed by atoms with Gasteiger partial charge in [0.1, 0.15) is 11.5 Å². The molecule has 1 N–H and O–H groups in total. The number of piperidine rings is 1. The molecule has 4 rings (SSSR count). The predicted octanol–water partition coefficient (Wildman–Crippen LogP) is 3.37. The summed E-state index contributed by atoms with van der Waals surface area (Å²) in [7, 11) is -2.35. The number of sulfone groups is 1. The van der Waals surface area contributed by atoms with Gasteiger partial charge in [0.2, 0.25) is 5.91 Å². The maximum atomic E-state index is 13.5. The largest absolute Gasteiger partial charge is 0.497 e. The fourth-order valence-corrected chi connectivity index (χ4v) is 6.08. The van der Waals surface area contributed by atoms with Crippen molar-refractivity contribution in [3.8, 4) is 11.5 Å². The van der Waals surface area contributed by atoms with Gasteiger partial charge >= 0.3 is 0 Å². The van der Waals surface area contributed by atoms with Crippen LogP contribution in [0.15, 0.2) is 47.4 Å². The third-order valence-corrected chi connectivity index (χ3v) is 7.92. The lowest BCUT2D eigenvalue weighted by atomic mass is 9.81. The molecule has 3 atom stereocenters. The van der Waals surface area contributed by atoms with Gasteiger partial charge in [-0.05, 0) is 48.7 Å². The van der Waals surface area contributed by atoms with Crippen LogP contribution in [0.4, 0.5) is 0 Å². The molecule has 1 fully saturated rings. The Kier molecular flexibility index (Phi) is 4.61. The lowest BCUT2D eigenvalue weighted by Crippen LogP contribution is -2.63. The van der Waals surface area contributed by atoms with Gasteiger partial charge in [-0.3, -0.25) is 4.79 Å². The summed E-state index contributed by atoms with van der Waals surface area (Å²) >= 11 is 0. The second kappa shape index (κ2) is 6.76. The Morgan fingerprint density at radius 3 is 2.48 bits per heavy atom. The Labute approximate surface area is 171 Å². The van der Waals surface area contributed by atoms with Gasteiger partial charge in [0, 0.05) is 17.9 Å². The van der Waals surface area contributed by atoms with Crippen LogP contribution in [0.3, 0.4) is 0 Å². The summed E-state index contributed by atoms with van der Waals surface area (Å²) in [5, 5.41) is 1.55. The van der Waals surface area contributed by atoms with Crippen molar-refractivity contribution in [2.45, 2.75) is 54.9 Å². The highest BCUT2D eigenvalue weighted by Gasteiger charge is 2.54. The van der Waals surface area contributed by atoms with Crippen LogP contribution in [0.25, 0.3) is 0 Å². The predicted molar refractivity (Wildman–Crippen MR) is 109 cm³/mol. The van der Waals surface area contributed by atoms with E-state index in [4.69, 9.17) is 9.47 Å². The first-order valence-corrected chi connectivity index (χ1v) is 11.2. The molecule has 7 heteroatoms. The molecule has 0 spiro atoms. The van der Waals surface area contributed by atoms with E-state index in [1.807, 2.05) is 26.0 Å². The van der Waals surface area contributed by atoms with Gasteiger partial charge in [0.05, 0.1) is 12.0 Å². The van der Waals surface area contributed by atoms with Crippen molar-refractivity contribution in [3.63, 3.8) is 0 Å². The van der Waals surface area contributed by atoms with E-state index in [9.17, 15) is 13.2 Å². The van der Waals surface area contributed by atoms with E-state index >= 15 is 0 Å². The Balaban J connectivity index is 1.81. The zero-order valence-electron chi connectivity index (χ0n) is 16.9. The van der Waals surface area contributed by atoms with E-state index in [0.717, 1.165) is 5.56 Å². The van der Waals surface area contributed by atoms with Gasteiger partial charge in [-0.2, -0.15) is 0 Å². The number of carbonyl (C=O) groups excluding carboxylic acids is 1. The number of amides is 1. The van der Waals surface area contributed by atoms with E-state index in [1.54, 1.807) is 44.4 Å². The Hall–Kier alpha value is -2.54. The number of nitrogens with one attached hydrogen (secondary N) is 1. The van der Waals surface area contributed by atoms with Crippen LogP contribution in [-0.2, 0) is 14.6 Å². The Bertz CT molecular complexity index is 1060. The zero-order chi connectivity index (χ0) is 21.0. The molecule has 0 saturated carbocycles. The fourth-order valence-electron chi connectivity index (χ4n) is 4.26. The van der Waals surface area contributed by atoms with Crippen LogP contribution in [0, 0.1) is 0 Å². The lowest BCUT2D eigenvalue weighted by Gasteiger charge is -2.46. The summed E-state index contributed by atoms with van der Waals surface area (Å²) in [6.07, 6.45) is 0.368. The molecule has 0 aliphatic carbocycles. The lowest BCUT2D eigenvalue weighted by molar-refractivity contribution is -0.132. The molecule has 29 heavy (non-hydrogen) atoms. The number of carbonyl (C=O) groups is 1. The molecule has 154 valence electrons. The van der Waals surface area contributed by atoms with Crippen molar-refractivity contribution in [1.82, 2.24) is 5.32 Å². The molecule has 2 heterocycles. The van der Waals surface area contributed by atoms with Gasteiger partial charge < -0.3 is 14.8 Å². The number of fused-ring (bicyclic) bond motifs is 4. The number of hydrogen-bond acceptors (Lipinski definition) is 5. The Morgan fingerprint density at radius 2 is 1.86 bits per heavy atom. The van der Waals surface area contributed by atoms with Gasteiger partial charge in [0.15, 0.2) is 20.8 Å². The first kappa shape index (κ1) is 19.8. The normalized spacial score (nSPS) is 25.8. The van der Waals surface area contributed by atoms with Crippen molar-refractivity contribution in [1.29, 1.82) is 0 Å². The number of ether oxygens (including phenoxy) is 2. The van der Waals surface area contributed by atoms with Crippen molar-refractivity contribution in [2.75, 3.05) is 7.11 Å². The summed E-state index contributed by atoms with van der Waals surface area (Å²) < 4.78 is 38.3. The second-order valence-electron chi connectivity index (χ2n) is 8.23. The van der Waals surface area contributed by atoms with Crippen LogP contribution >= 0.6 is 0 Å². The molecule has 2 aliphatic rings. The zero-order valence-corrected chi connectivity index (χ0v) is 17.7. The molecule has 2 aliphatic heterocycles. The smallest absolute Gasteiger partial charge is 0.242 e. The number of hydrogen-bond donors (Lipinski definition) is 1. The SMILES string of the molecule is COc1ccc2c(c1)[C@@H]1C[C@@](C)(NC(=O)[C@@H]1S(=O)(=O)c1ccc(C(C)C)cc1)O2. The van der Waals surface area contributed by atoms with Gasteiger partial charge in [0.25, 0.3) is 0 Å². The summed E-state index contributed by atoms with van der Waals surface area (Å²) in [5.41, 5.74) is 0.798. The average Bonchev–Trinajstić information content (AvgIpc) is 2.66. The molecule has 0 unspecified atom stereocenters. The van der Waals surface area contributed by atoms with Crippen LogP contribution in [0.2, 0.25) is 0 Å². The standard InChI is InChI=1S/C22H25NO5S/c1-13(2)14-5-8-16(9-6-14)29(25,26)20-18-12-22(3,23-21(20)24)28-19-10-7-15(27-4)11-17(18)19/h5-11,13,18,20H,12H2,1-4H3,(H,23,24)/t18-,20+,22-/m0/s1. The molecule has 6 nitrogen and oxygen atoms in total. The van der Waals surface area contributed by atoms with Gasteiger partial charge in [-0.1, -0.05) is 26.0 Å². The van der Waals surface area contributed by atoms with Crippen molar-refractivity contribution >= 4 is 15.7 Å². The first-order chi connectivity index (χ1) is 13.6. The highest BCUT2D eigenvalue weighted by Crippen LogP contribution is 2.48. The minimum Gasteiger partial charge on any atom is -0.497 e. The molecule has 1 amide bonds. The third-order valence-electron chi connectivity index (χ3n) is 5.78. The summed E-state index contributed by atoms with van der Waals surface area (Å²) in [6.45, 7) is 5.86. The van der Waals surface area contributed by atoms with E-state index in [-0.39, 0.29) is 4.90 Å². The van der Waals surface area contributed by atoms with Crippen molar-refractivity contribution in [3.05, 3.63) is 53.6 Å². The quantitative estimate of drug-likeness (QED) is 0.828. The van der Waals surface area contributed by atoms with E-state index in [1.165, 1.54) is 0 Å². The second-order valence-corrected chi connectivity index (χ2v) is 10.3. The highest BCUT2D eigenvalue weighted by molar-refractivity contribution is 7.92. The van der Waals surface area contributed by atoms with Crippen LogP contribution < -0.4 is 14.8 Å². The molecule has 1 saturated heterocycles. The highest BCUT2D eigenvalue weighted by atomic mass is 32.2. The average molecular weight is 416 g/mol. The van der Waals surface area contributed by atoms with E-state index in [2.05, 4.69) is 5.32 Å². The molecule has 2 aromatic carbocycles. The molecule has 0 radical (unpaired) electrons. The van der Waals surface area contributed by atoms with Gasteiger partial charge in [-0.15, -0.1) is 0 Å². The Morgan fingerprint density at radius 1 is 1.17 bits per heavy atom. The van der Waals surface area contributed by atoms with Gasteiger partial charge in [-0.25, -0.2) is 8.42 Å². The molecule has 2 bridgehead atoms. The number of benzene rings is 2. The summed E-state index contributed by atoms with van der Waals surface area (Å²) in [5.74, 6) is 0.395. The monoisotopic (exact) mass is 415 g/mol. The molecule has 0 aromatic heterocycles. The minimum atomic E-state index is -3.90. The van der Waals surface area contributed by atoms with Crippen molar-refractivity contribution < 1.29 is 22.7 Å². The molecular formula is C22H25NO5S. The summed E-state index contributed by atoms with van der Waals surface area (Å²) in [4.78, 5) is 13.1. The molecular weight excluding hydrogens is 390 g/mol. The van der Waals surface area contributed by atoms with E-state index in [0.29, 0.717) is 29.4 Å². The van der Waals surface area contributed by atoms with Crippen LogP contribution in [0.5, 0.6) is 11.5 Å². The maximum absolute atomic E-state index is 13.5. The topological polar surface area (TPSA) is 81.7 Å². The maximum Gasteiger partial charge on any atom is 0.242 e. The van der Waals surface area contributed by atoms with Crippen LogP contribution in [0.1, 0.15) is 50.2 Å². The van der Waals surface area contributed by atoms with Crippen molar-refractivity contribution in [2.24, 2.45) is 0 Å².